The number of nitrogens with zero attached hydrogens (tertiary/aromatic N) is 4. The van der Waals surface area contributed by atoms with Crippen molar-refractivity contribution < 1.29 is 14.4 Å². The molecule has 0 saturated heterocycles. The van der Waals surface area contributed by atoms with Gasteiger partial charge in [0.1, 0.15) is 6.04 Å². The molecule has 0 bridgehead atoms. The third-order valence-electron chi connectivity index (χ3n) is 6.56. The molecule has 2 aromatic heterocycles. The average molecular weight is 509 g/mol. The van der Waals surface area contributed by atoms with Gasteiger partial charge in [-0.3, -0.25) is 14.4 Å². The number of primary amides is 1. The smallest absolute Gasteiger partial charge is 0.287 e. The third kappa shape index (κ3) is 5.46. The summed E-state index contributed by atoms with van der Waals surface area (Å²) in [4.78, 5) is 44.4. The van der Waals surface area contributed by atoms with Gasteiger partial charge in [-0.15, -0.1) is 0 Å². The molecule has 0 radical (unpaired) electrons. The number of aromatic nitrogens is 3. The molecule has 3 heterocycles. The van der Waals surface area contributed by atoms with Gasteiger partial charge in [0.25, 0.3) is 11.8 Å². The van der Waals surface area contributed by atoms with Crippen LogP contribution in [0.5, 0.6) is 0 Å². The Morgan fingerprint density at radius 3 is 2.37 bits per heavy atom. The Bertz CT molecular complexity index is 1450. The van der Waals surface area contributed by atoms with Crippen molar-refractivity contribution >= 4 is 23.3 Å². The zero-order chi connectivity index (χ0) is 26.5. The summed E-state index contributed by atoms with van der Waals surface area (Å²) in [6.07, 6.45) is 5.42. The summed E-state index contributed by atoms with van der Waals surface area (Å²) >= 11 is 0. The molecular weight excluding hydrogens is 480 g/mol. The SMILES string of the molecule is NC(=O)C(=O)C(Cc1ccccc1)NC(=O)c1cccnc1-n1cc2c(n1)CCCN2Cc1ccccc1. The fraction of sp³-hybridized carbons (Fsp3) is 0.207. The van der Waals surface area contributed by atoms with Gasteiger partial charge in [-0.05, 0) is 36.1 Å². The summed E-state index contributed by atoms with van der Waals surface area (Å²) < 4.78 is 1.62. The van der Waals surface area contributed by atoms with Gasteiger partial charge >= 0.3 is 0 Å². The van der Waals surface area contributed by atoms with Crippen LogP contribution in [0.3, 0.4) is 0 Å². The molecule has 192 valence electrons. The molecular formula is C29H28N6O3. The lowest BCUT2D eigenvalue weighted by Gasteiger charge is -2.28. The van der Waals surface area contributed by atoms with Crippen LogP contribution in [0.4, 0.5) is 5.69 Å². The van der Waals surface area contributed by atoms with Crippen LogP contribution in [0.1, 0.15) is 33.6 Å². The predicted molar refractivity (Wildman–Crippen MR) is 143 cm³/mol. The quantitative estimate of drug-likeness (QED) is 0.335. The number of anilines is 1. The number of nitrogens with one attached hydrogen (secondary N) is 1. The van der Waals surface area contributed by atoms with Crippen molar-refractivity contribution in [3.05, 3.63) is 108 Å². The Hall–Kier alpha value is -4.79. The van der Waals surface area contributed by atoms with Gasteiger partial charge < -0.3 is 16.0 Å². The molecule has 1 aliphatic heterocycles. The molecule has 2 aromatic carbocycles. The Morgan fingerprint density at radius 2 is 1.66 bits per heavy atom. The van der Waals surface area contributed by atoms with E-state index in [0.717, 1.165) is 42.9 Å². The van der Waals surface area contributed by atoms with Crippen molar-refractivity contribution in [2.24, 2.45) is 5.73 Å². The summed E-state index contributed by atoms with van der Waals surface area (Å²) in [5.41, 5.74) is 9.45. The van der Waals surface area contributed by atoms with Crippen LogP contribution >= 0.6 is 0 Å². The molecule has 2 amide bonds. The molecule has 0 fully saturated rings. The van der Waals surface area contributed by atoms with E-state index in [0.29, 0.717) is 5.82 Å². The van der Waals surface area contributed by atoms with E-state index < -0.39 is 23.6 Å². The molecule has 1 aliphatic rings. The molecule has 9 nitrogen and oxygen atoms in total. The third-order valence-corrected chi connectivity index (χ3v) is 6.56. The number of fused-ring (bicyclic) bond motifs is 1. The average Bonchev–Trinajstić information content (AvgIpc) is 3.39. The number of carbonyl (C=O) groups excluding carboxylic acids is 3. The first-order valence-corrected chi connectivity index (χ1v) is 12.5. The minimum atomic E-state index is -1.11. The first-order valence-electron chi connectivity index (χ1n) is 12.5. The van der Waals surface area contributed by atoms with Crippen LogP contribution in [0.25, 0.3) is 5.82 Å². The number of nitrogens with two attached hydrogens (primary N) is 1. The summed E-state index contributed by atoms with van der Waals surface area (Å²) in [6.45, 7) is 1.66. The minimum absolute atomic E-state index is 0.133. The van der Waals surface area contributed by atoms with E-state index in [1.54, 1.807) is 23.0 Å². The maximum atomic E-state index is 13.4. The first kappa shape index (κ1) is 24.9. The van der Waals surface area contributed by atoms with E-state index in [1.165, 1.54) is 5.56 Å². The van der Waals surface area contributed by atoms with Crippen molar-refractivity contribution in [2.45, 2.75) is 31.8 Å². The largest absolute Gasteiger partial charge is 0.364 e. The molecule has 9 heteroatoms. The Balaban J connectivity index is 1.41. The second-order valence-electron chi connectivity index (χ2n) is 9.24. The number of ketones is 1. The number of hydrogen-bond acceptors (Lipinski definition) is 6. The second-order valence-corrected chi connectivity index (χ2v) is 9.24. The molecule has 1 unspecified atom stereocenters. The maximum absolute atomic E-state index is 13.4. The van der Waals surface area contributed by atoms with Gasteiger partial charge in [0, 0.05) is 25.7 Å². The van der Waals surface area contributed by atoms with Crippen molar-refractivity contribution in [2.75, 3.05) is 11.4 Å². The number of hydrogen-bond donors (Lipinski definition) is 2. The van der Waals surface area contributed by atoms with Gasteiger partial charge in [0.05, 0.1) is 23.1 Å². The van der Waals surface area contributed by atoms with E-state index >= 15 is 0 Å². The van der Waals surface area contributed by atoms with Gasteiger partial charge in [0.15, 0.2) is 5.82 Å². The Kier molecular flexibility index (Phi) is 7.26. The Labute approximate surface area is 220 Å². The molecule has 0 saturated carbocycles. The van der Waals surface area contributed by atoms with E-state index in [2.05, 4.69) is 27.3 Å². The van der Waals surface area contributed by atoms with Crippen molar-refractivity contribution in [3.63, 3.8) is 0 Å². The number of benzene rings is 2. The fourth-order valence-corrected chi connectivity index (χ4v) is 4.70. The topological polar surface area (TPSA) is 123 Å². The lowest BCUT2D eigenvalue weighted by Crippen LogP contribution is -2.47. The maximum Gasteiger partial charge on any atom is 0.287 e. The molecule has 4 aromatic rings. The van der Waals surface area contributed by atoms with Crippen LogP contribution < -0.4 is 16.0 Å². The van der Waals surface area contributed by atoms with Crippen LogP contribution in [-0.4, -0.2) is 44.9 Å². The van der Waals surface area contributed by atoms with Crippen LogP contribution in [0.15, 0.2) is 85.2 Å². The predicted octanol–water partition coefficient (Wildman–Crippen LogP) is 2.62. The highest BCUT2D eigenvalue weighted by molar-refractivity contribution is 6.38. The van der Waals surface area contributed by atoms with E-state index in [1.807, 2.05) is 54.7 Å². The molecule has 5 rings (SSSR count). The van der Waals surface area contributed by atoms with Gasteiger partial charge in [-0.1, -0.05) is 60.7 Å². The Morgan fingerprint density at radius 1 is 0.947 bits per heavy atom. The molecule has 0 spiro atoms. The van der Waals surface area contributed by atoms with Gasteiger partial charge in [-0.25, -0.2) is 9.67 Å². The number of aryl methyl sites for hydroxylation is 1. The van der Waals surface area contributed by atoms with Crippen LogP contribution in [0, 0.1) is 0 Å². The van der Waals surface area contributed by atoms with E-state index in [-0.39, 0.29) is 12.0 Å². The van der Waals surface area contributed by atoms with E-state index in [9.17, 15) is 14.4 Å². The van der Waals surface area contributed by atoms with Crippen molar-refractivity contribution in [3.8, 4) is 5.82 Å². The highest BCUT2D eigenvalue weighted by Crippen LogP contribution is 2.29. The first-order chi connectivity index (χ1) is 18.5. The van der Waals surface area contributed by atoms with Crippen LogP contribution in [0.2, 0.25) is 0 Å². The number of rotatable bonds is 9. The summed E-state index contributed by atoms with van der Waals surface area (Å²) in [6, 6.07) is 21.5. The van der Waals surface area contributed by atoms with Crippen molar-refractivity contribution in [1.29, 1.82) is 0 Å². The normalized spacial score (nSPS) is 13.4. The minimum Gasteiger partial charge on any atom is -0.364 e. The summed E-state index contributed by atoms with van der Waals surface area (Å²) in [5.74, 6) is -2.17. The summed E-state index contributed by atoms with van der Waals surface area (Å²) in [7, 11) is 0. The molecule has 0 aliphatic carbocycles. The van der Waals surface area contributed by atoms with Gasteiger partial charge in [-0.2, -0.15) is 5.10 Å². The zero-order valence-electron chi connectivity index (χ0n) is 20.8. The molecule has 3 N–H and O–H groups in total. The highest BCUT2D eigenvalue weighted by atomic mass is 16.2. The van der Waals surface area contributed by atoms with Crippen LogP contribution in [-0.2, 0) is 29.0 Å². The number of carbonyl (C=O) groups is 3. The number of Topliss-reactive ketones (excluding diaryl/α,β-unsaturated/α-hetero) is 1. The lowest BCUT2D eigenvalue weighted by atomic mass is 10.0. The molecule has 38 heavy (non-hydrogen) atoms. The summed E-state index contributed by atoms with van der Waals surface area (Å²) in [5, 5.41) is 7.45. The van der Waals surface area contributed by atoms with Gasteiger partial charge in [0.2, 0.25) is 5.78 Å². The lowest BCUT2D eigenvalue weighted by molar-refractivity contribution is -0.137. The zero-order valence-corrected chi connectivity index (χ0v) is 20.8. The standard InChI is InChI=1S/C29H28N6O3/c30-27(37)26(36)24(17-20-9-3-1-4-10-20)32-29(38)22-13-7-15-31-28(22)35-19-25-23(33-35)14-8-16-34(25)18-21-11-5-2-6-12-21/h1-7,9-13,15,19,24H,8,14,16-18H2,(H2,30,37)(H,32,38). The number of amides is 2. The van der Waals surface area contributed by atoms with Crippen molar-refractivity contribution in [1.82, 2.24) is 20.1 Å². The number of pyridine rings is 1. The van der Waals surface area contributed by atoms with E-state index in [4.69, 9.17) is 10.8 Å². The monoisotopic (exact) mass is 508 g/mol. The highest BCUT2D eigenvalue weighted by Gasteiger charge is 2.28. The second kappa shape index (κ2) is 11.1. The fourth-order valence-electron chi connectivity index (χ4n) is 4.70. The molecule has 1 atom stereocenters.